The van der Waals surface area contributed by atoms with E-state index in [0.717, 1.165) is 5.69 Å². The maximum absolute atomic E-state index is 13.3. The molecule has 1 fully saturated rings. The van der Waals surface area contributed by atoms with E-state index in [1.54, 1.807) is 21.9 Å². The van der Waals surface area contributed by atoms with Gasteiger partial charge in [-0.2, -0.15) is 0 Å². The van der Waals surface area contributed by atoms with Crippen molar-refractivity contribution in [3.63, 3.8) is 0 Å². The van der Waals surface area contributed by atoms with E-state index in [1.165, 1.54) is 12.1 Å². The molecule has 2 heterocycles. The normalized spacial score (nSPS) is 19.3. The van der Waals surface area contributed by atoms with Crippen LogP contribution in [0.15, 0.2) is 48.5 Å². The molecule has 0 aromatic heterocycles. The number of carbonyl (C=O) groups is 2. The van der Waals surface area contributed by atoms with Crippen molar-refractivity contribution in [2.45, 2.75) is 25.9 Å². The van der Waals surface area contributed by atoms with Gasteiger partial charge in [0.15, 0.2) is 0 Å². The number of piperidine rings is 1. The van der Waals surface area contributed by atoms with Crippen LogP contribution in [0, 0.1) is 11.7 Å². The number of nitrogens with zero attached hydrogens (tertiary/aromatic N) is 2. The summed E-state index contributed by atoms with van der Waals surface area (Å²) in [6.45, 7) is 3.46. The lowest BCUT2D eigenvalue weighted by molar-refractivity contribution is -0.121. The molecule has 0 radical (unpaired) electrons. The number of anilines is 2. The van der Waals surface area contributed by atoms with Gasteiger partial charge in [-0.15, -0.1) is 0 Å². The van der Waals surface area contributed by atoms with Crippen molar-refractivity contribution < 1.29 is 18.7 Å². The number of halogens is 1. The standard InChI is InChI=1S/C22H24FN3O3/c1-15-14-26(19-7-2-3-8-20(19)29-15)22(28)25-11-9-16(10-12-25)21(27)24-18-6-4-5-17(23)13-18/h2-8,13,15-16H,9-12,14H2,1H3,(H,24,27)/t15-/m0/s1. The molecule has 0 bridgehead atoms. The molecule has 1 atom stereocenters. The molecule has 3 amide bonds. The number of carbonyl (C=O) groups excluding carboxylic acids is 2. The van der Waals surface area contributed by atoms with Gasteiger partial charge in [0.2, 0.25) is 5.91 Å². The van der Waals surface area contributed by atoms with Crippen LogP contribution in [-0.2, 0) is 4.79 Å². The predicted octanol–water partition coefficient (Wildman–Crippen LogP) is 3.88. The zero-order valence-corrected chi connectivity index (χ0v) is 16.3. The zero-order valence-electron chi connectivity index (χ0n) is 16.3. The van der Waals surface area contributed by atoms with E-state index in [1.807, 2.05) is 31.2 Å². The second kappa shape index (κ2) is 8.11. The minimum absolute atomic E-state index is 0.0587. The average Bonchev–Trinajstić information content (AvgIpc) is 2.72. The highest BCUT2D eigenvalue weighted by atomic mass is 19.1. The van der Waals surface area contributed by atoms with E-state index in [0.29, 0.717) is 43.9 Å². The highest BCUT2D eigenvalue weighted by Gasteiger charge is 2.33. The molecule has 1 N–H and O–H groups in total. The van der Waals surface area contributed by atoms with Crippen molar-refractivity contribution in [2.24, 2.45) is 5.92 Å². The van der Waals surface area contributed by atoms with E-state index >= 15 is 0 Å². The number of rotatable bonds is 2. The number of benzene rings is 2. The number of para-hydroxylation sites is 2. The lowest BCUT2D eigenvalue weighted by Gasteiger charge is -2.39. The van der Waals surface area contributed by atoms with Crippen LogP contribution in [0.25, 0.3) is 0 Å². The number of hydrogen-bond acceptors (Lipinski definition) is 3. The number of amides is 3. The van der Waals surface area contributed by atoms with Crippen molar-refractivity contribution in [2.75, 3.05) is 29.9 Å². The maximum atomic E-state index is 13.3. The van der Waals surface area contributed by atoms with E-state index in [-0.39, 0.29) is 29.8 Å². The third-order valence-electron chi connectivity index (χ3n) is 5.38. The smallest absolute Gasteiger partial charge is 0.324 e. The molecule has 7 heteroatoms. The quantitative estimate of drug-likeness (QED) is 0.837. The fraction of sp³-hybridized carbons (Fsp3) is 0.364. The van der Waals surface area contributed by atoms with Gasteiger partial charge in [-0.1, -0.05) is 18.2 Å². The second-order valence-corrected chi connectivity index (χ2v) is 7.55. The van der Waals surface area contributed by atoms with Crippen LogP contribution >= 0.6 is 0 Å². The zero-order chi connectivity index (χ0) is 20.4. The number of likely N-dealkylation sites (tertiary alicyclic amines) is 1. The second-order valence-electron chi connectivity index (χ2n) is 7.55. The Kier molecular flexibility index (Phi) is 5.38. The predicted molar refractivity (Wildman–Crippen MR) is 109 cm³/mol. The van der Waals surface area contributed by atoms with Crippen molar-refractivity contribution in [1.29, 1.82) is 0 Å². The molecule has 6 nitrogen and oxygen atoms in total. The van der Waals surface area contributed by atoms with Crippen LogP contribution in [0.5, 0.6) is 5.75 Å². The van der Waals surface area contributed by atoms with Crippen molar-refractivity contribution in [1.82, 2.24) is 4.90 Å². The largest absolute Gasteiger partial charge is 0.487 e. The van der Waals surface area contributed by atoms with Gasteiger partial charge in [-0.25, -0.2) is 9.18 Å². The molecule has 2 aliphatic heterocycles. The molecule has 2 aromatic carbocycles. The summed E-state index contributed by atoms with van der Waals surface area (Å²) < 4.78 is 19.1. The molecule has 29 heavy (non-hydrogen) atoms. The number of urea groups is 1. The van der Waals surface area contributed by atoms with Crippen molar-refractivity contribution in [3.8, 4) is 5.75 Å². The molecule has 2 aromatic rings. The van der Waals surface area contributed by atoms with E-state index in [9.17, 15) is 14.0 Å². The third-order valence-corrected chi connectivity index (χ3v) is 5.38. The summed E-state index contributed by atoms with van der Waals surface area (Å²) in [6.07, 6.45) is 1.08. The van der Waals surface area contributed by atoms with Crippen LogP contribution in [0.2, 0.25) is 0 Å². The minimum atomic E-state index is -0.386. The van der Waals surface area contributed by atoms with Gasteiger partial charge in [-0.05, 0) is 50.1 Å². The average molecular weight is 397 g/mol. The molecular formula is C22H24FN3O3. The Morgan fingerprint density at radius 3 is 2.62 bits per heavy atom. The molecular weight excluding hydrogens is 373 g/mol. The van der Waals surface area contributed by atoms with Gasteiger partial charge in [-0.3, -0.25) is 9.69 Å². The molecule has 0 unspecified atom stereocenters. The summed E-state index contributed by atoms with van der Waals surface area (Å²) in [7, 11) is 0. The minimum Gasteiger partial charge on any atom is -0.487 e. The lowest BCUT2D eigenvalue weighted by atomic mass is 9.96. The first-order valence-corrected chi connectivity index (χ1v) is 9.90. The summed E-state index contributed by atoms with van der Waals surface area (Å²) in [6, 6.07) is 13.3. The summed E-state index contributed by atoms with van der Waals surface area (Å²) in [4.78, 5) is 29.2. The summed E-state index contributed by atoms with van der Waals surface area (Å²) >= 11 is 0. The third kappa shape index (κ3) is 4.18. The fourth-order valence-electron chi connectivity index (χ4n) is 3.88. The Morgan fingerprint density at radius 1 is 1.10 bits per heavy atom. The molecule has 152 valence electrons. The van der Waals surface area contributed by atoms with E-state index < -0.39 is 0 Å². The lowest BCUT2D eigenvalue weighted by Crippen LogP contribution is -2.51. The molecule has 0 spiro atoms. The van der Waals surface area contributed by atoms with Gasteiger partial charge in [0.05, 0.1) is 12.2 Å². The van der Waals surface area contributed by atoms with Crippen molar-refractivity contribution in [3.05, 3.63) is 54.3 Å². The van der Waals surface area contributed by atoms with Gasteiger partial charge >= 0.3 is 6.03 Å². The number of ether oxygens (including phenoxy) is 1. The number of nitrogens with one attached hydrogen (secondary N) is 1. The van der Waals surface area contributed by atoms with Crippen molar-refractivity contribution >= 4 is 23.3 Å². The molecule has 0 saturated carbocycles. The van der Waals surface area contributed by atoms with Crippen LogP contribution in [0.3, 0.4) is 0 Å². The fourth-order valence-corrected chi connectivity index (χ4v) is 3.88. The number of hydrogen-bond donors (Lipinski definition) is 1. The van der Waals surface area contributed by atoms with Gasteiger partial charge < -0.3 is 15.0 Å². The van der Waals surface area contributed by atoms with Crippen LogP contribution in [-0.4, -0.2) is 42.6 Å². The maximum Gasteiger partial charge on any atom is 0.324 e. The molecule has 0 aliphatic carbocycles. The van der Waals surface area contributed by atoms with Gasteiger partial charge in [0, 0.05) is 24.7 Å². The monoisotopic (exact) mass is 397 g/mol. The summed E-state index contributed by atoms with van der Waals surface area (Å²) in [5, 5.41) is 2.77. The summed E-state index contributed by atoms with van der Waals surface area (Å²) in [5.74, 6) is -0.00144. The van der Waals surface area contributed by atoms with E-state index in [2.05, 4.69) is 5.32 Å². The topological polar surface area (TPSA) is 61.9 Å². The molecule has 2 aliphatic rings. The Hall–Kier alpha value is -3.09. The Morgan fingerprint density at radius 2 is 1.86 bits per heavy atom. The molecule has 1 saturated heterocycles. The Bertz CT molecular complexity index is 912. The Labute approximate surface area is 169 Å². The Balaban J connectivity index is 1.37. The molecule has 4 rings (SSSR count). The van der Waals surface area contributed by atoms with Crippen LogP contribution in [0.1, 0.15) is 19.8 Å². The first-order chi connectivity index (χ1) is 14.0. The van der Waals surface area contributed by atoms with Crippen LogP contribution < -0.4 is 15.0 Å². The van der Waals surface area contributed by atoms with Gasteiger partial charge in [0.25, 0.3) is 0 Å². The highest BCUT2D eigenvalue weighted by Crippen LogP contribution is 2.34. The first-order valence-electron chi connectivity index (χ1n) is 9.90. The summed E-state index contributed by atoms with van der Waals surface area (Å²) in [5.41, 5.74) is 1.23. The van der Waals surface area contributed by atoms with Crippen LogP contribution in [0.4, 0.5) is 20.6 Å². The van der Waals surface area contributed by atoms with Gasteiger partial charge in [0.1, 0.15) is 17.7 Å². The number of fused-ring (bicyclic) bond motifs is 1. The van der Waals surface area contributed by atoms with E-state index in [4.69, 9.17) is 4.74 Å². The highest BCUT2D eigenvalue weighted by molar-refractivity contribution is 5.95. The first kappa shape index (κ1) is 19.2. The SMILES string of the molecule is C[C@H]1CN(C(=O)N2CCC(C(=O)Nc3cccc(F)c3)CC2)c2ccccc2O1.